The van der Waals surface area contributed by atoms with Crippen molar-refractivity contribution in [2.45, 2.75) is 38.1 Å². The Kier molecular flexibility index (Phi) is 4.65. The molecule has 1 atom stereocenters. The molecule has 110 valence electrons. The molecule has 1 aromatic carbocycles. The molecule has 1 heterocycles. The van der Waals surface area contributed by atoms with Crippen LogP contribution < -0.4 is 5.32 Å². The Morgan fingerprint density at radius 2 is 2.00 bits per heavy atom. The number of nitrogens with zero attached hydrogens (tertiary/aromatic N) is 1. The Labute approximate surface area is 127 Å². The first-order chi connectivity index (χ1) is 9.74. The topological polar surface area (TPSA) is 15.3 Å². The third-order valence-corrected chi connectivity index (χ3v) is 5.24. The second kappa shape index (κ2) is 6.46. The number of benzene rings is 1. The highest BCUT2D eigenvalue weighted by molar-refractivity contribution is 6.30. The van der Waals surface area contributed by atoms with Crippen LogP contribution in [0.4, 0.5) is 0 Å². The van der Waals surface area contributed by atoms with Crippen molar-refractivity contribution < 1.29 is 0 Å². The third kappa shape index (κ3) is 3.36. The van der Waals surface area contributed by atoms with E-state index in [0.29, 0.717) is 0 Å². The van der Waals surface area contributed by atoms with Gasteiger partial charge in [0, 0.05) is 17.6 Å². The van der Waals surface area contributed by atoms with Gasteiger partial charge in [0.05, 0.1) is 0 Å². The van der Waals surface area contributed by atoms with E-state index in [1.807, 2.05) is 12.1 Å². The Balaban J connectivity index is 1.37. The van der Waals surface area contributed by atoms with Crippen molar-refractivity contribution in [1.82, 2.24) is 10.2 Å². The Morgan fingerprint density at radius 3 is 2.65 bits per heavy atom. The van der Waals surface area contributed by atoms with Gasteiger partial charge in [0.15, 0.2) is 0 Å². The summed E-state index contributed by atoms with van der Waals surface area (Å²) in [5, 5.41) is 4.60. The lowest BCUT2D eigenvalue weighted by Gasteiger charge is -2.37. The van der Waals surface area contributed by atoms with Gasteiger partial charge in [-0.15, -0.1) is 0 Å². The van der Waals surface area contributed by atoms with Crippen molar-refractivity contribution in [1.29, 1.82) is 0 Å². The van der Waals surface area contributed by atoms with Gasteiger partial charge in [0.1, 0.15) is 0 Å². The minimum Gasteiger partial charge on any atom is -0.314 e. The molecule has 2 fully saturated rings. The van der Waals surface area contributed by atoms with Crippen molar-refractivity contribution in [2.75, 3.05) is 26.2 Å². The molecule has 1 aromatic rings. The molecule has 20 heavy (non-hydrogen) atoms. The van der Waals surface area contributed by atoms with Gasteiger partial charge < -0.3 is 10.2 Å². The summed E-state index contributed by atoms with van der Waals surface area (Å²) < 4.78 is 0. The van der Waals surface area contributed by atoms with Crippen LogP contribution in [0.1, 0.15) is 37.7 Å². The molecule has 0 bridgehead atoms. The van der Waals surface area contributed by atoms with Crippen LogP contribution in [-0.4, -0.2) is 37.1 Å². The van der Waals surface area contributed by atoms with E-state index in [2.05, 4.69) is 29.3 Å². The summed E-state index contributed by atoms with van der Waals surface area (Å²) in [5.41, 5.74) is 1.45. The number of hydrogen-bond donors (Lipinski definition) is 1. The summed E-state index contributed by atoms with van der Waals surface area (Å²) in [6.07, 6.45) is 3.94. The first kappa shape index (κ1) is 14.4. The van der Waals surface area contributed by atoms with E-state index in [1.165, 1.54) is 51.0 Å². The molecule has 1 aliphatic carbocycles. The van der Waals surface area contributed by atoms with Crippen LogP contribution in [0.2, 0.25) is 5.02 Å². The summed E-state index contributed by atoms with van der Waals surface area (Å²) in [7, 11) is 0. The molecule has 3 rings (SSSR count). The lowest BCUT2D eigenvalue weighted by atomic mass is 9.76. The van der Waals surface area contributed by atoms with Crippen LogP contribution in [-0.2, 0) is 0 Å². The first-order valence-corrected chi connectivity index (χ1v) is 8.33. The third-order valence-electron chi connectivity index (χ3n) is 4.99. The minimum absolute atomic E-state index is 0.728. The Hall–Kier alpha value is -0.570. The molecule has 1 unspecified atom stereocenters. The van der Waals surface area contributed by atoms with Gasteiger partial charge in [-0.1, -0.05) is 30.7 Å². The van der Waals surface area contributed by atoms with E-state index in [9.17, 15) is 0 Å². The Bertz CT molecular complexity index is 425. The Morgan fingerprint density at radius 1 is 1.25 bits per heavy atom. The first-order valence-electron chi connectivity index (χ1n) is 7.95. The zero-order valence-corrected chi connectivity index (χ0v) is 13.1. The molecule has 0 aromatic heterocycles. The molecule has 2 aliphatic rings. The fourth-order valence-electron chi connectivity index (χ4n) is 3.49. The molecule has 1 saturated carbocycles. The van der Waals surface area contributed by atoms with Crippen LogP contribution >= 0.6 is 11.6 Å². The van der Waals surface area contributed by atoms with Gasteiger partial charge in [0.25, 0.3) is 0 Å². The van der Waals surface area contributed by atoms with Crippen molar-refractivity contribution in [3.63, 3.8) is 0 Å². The maximum atomic E-state index is 5.94. The van der Waals surface area contributed by atoms with Gasteiger partial charge >= 0.3 is 0 Å². The fourth-order valence-corrected chi connectivity index (χ4v) is 3.62. The van der Waals surface area contributed by atoms with Crippen molar-refractivity contribution in [2.24, 2.45) is 5.92 Å². The van der Waals surface area contributed by atoms with Crippen LogP contribution in [0.15, 0.2) is 24.3 Å². The van der Waals surface area contributed by atoms with Gasteiger partial charge in [-0.25, -0.2) is 0 Å². The molecule has 1 aliphatic heterocycles. The highest BCUT2D eigenvalue weighted by Gasteiger charge is 2.31. The van der Waals surface area contributed by atoms with Gasteiger partial charge in [-0.3, -0.25) is 0 Å². The number of halogens is 1. The molecule has 1 saturated heterocycles. The molecule has 0 radical (unpaired) electrons. The molecular weight excluding hydrogens is 268 g/mol. The standard InChI is InChI=1S/C17H25ClN2/c1-2-20-8-7-13(12-20)11-19-17-9-15(10-17)14-3-5-16(18)6-4-14/h3-6,13,15,17,19H,2,7-12H2,1H3. The predicted octanol–water partition coefficient (Wildman–Crippen LogP) is 3.52. The maximum absolute atomic E-state index is 5.94. The summed E-state index contributed by atoms with van der Waals surface area (Å²) in [6, 6.07) is 9.11. The van der Waals surface area contributed by atoms with Crippen LogP contribution in [0.3, 0.4) is 0 Å². The second-order valence-corrected chi connectivity index (χ2v) is 6.81. The quantitative estimate of drug-likeness (QED) is 0.893. The zero-order chi connectivity index (χ0) is 13.9. The van der Waals surface area contributed by atoms with E-state index < -0.39 is 0 Å². The highest BCUT2D eigenvalue weighted by atomic mass is 35.5. The smallest absolute Gasteiger partial charge is 0.0406 e. The van der Waals surface area contributed by atoms with Crippen molar-refractivity contribution >= 4 is 11.6 Å². The monoisotopic (exact) mass is 292 g/mol. The fraction of sp³-hybridized carbons (Fsp3) is 0.647. The maximum Gasteiger partial charge on any atom is 0.0406 e. The SMILES string of the molecule is CCN1CCC(CNC2CC(c3ccc(Cl)cc3)C2)C1. The molecule has 2 nitrogen and oxygen atoms in total. The van der Waals surface area contributed by atoms with E-state index in [0.717, 1.165) is 22.9 Å². The van der Waals surface area contributed by atoms with E-state index >= 15 is 0 Å². The lowest BCUT2D eigenvalue weighted by Crippen LogP contribution is -2.42. The van der Waals surface area contributed by atoms with E-state index in [4.69, 9.17) is 11.6 Å². The molecule has 0 amide bonds. The summed E-state index contributed by atoms with van der Waals surface area (Å²) in [4.78, 5) is 2.56. The minimum atomic E-state index is 0.728. The van der Waals surface area contributed by atoms with Gasteiger partial charge in [-0.2, -0.15) is 0 Å². The van der Waals surface area contributed by atoms with E-state index in [1.54, 1.807) is 0 Å². The number of rotatable bonds is 5. The molecular formula is C17H25ClN2. The lowest BCUT2D eigenvalue weighted by molar-refractivity contribution is 0.271. The predicted molar refractivity (Wildman–Crippen MR) is 85.4 cm³/mol. The molecule has 1 N–H and O–H groups in total. The molecule has 3 heteroatoms. The van der Waals surface area contributed by atoms with Crippen LogP contribution in [0.25, 0.3) is 0 Å². The second-order valence-electron chi connectivity index (χ2n) is 6.37. The highest BCUT2D eigenvalue weighted by Crippen LogP contribution is 2.37. The van der Waals surface area contributed by atoms with Crippen LogP contribution in [0.5, 0.6) is 0 Å². The number of hydrogen-bond acceptors (Lipinski definition) is 2. The molecule has 0 spiro atoms. The average molecular weight is 293 g/mol. The van der Waals surface area contributed by atoms with Gasteiger partial charge in [-0.05, 0) is 68.4 Å². The van der Waals surface area contributed by atoms with E-state index in [-0.39, 0.29) is 0 Å². The van der Waals surface area contributed by atoms with Crippen LogP contribution in [0, 0.1) is 5.92 Å². The average Bonchev–Trinajstić information content (AvgIpc) is 2.87. The normalized spacial score (nSPS) is 30.4. The number of likely N-dealkylation sites (tertiary alicyclic amines) is 1. The summed E-state index contributed by atoms with van der Waals surface area (Å²) in [6.45, 7) is 7.25. The van der Waals surface area contributed by atoms with Gasteiger partial charge in [0.2, 0.25) is 0 Å². The van der Waals surface area contributed by atoms with Crippen molar-refractivity contribution in [3.05, 3.63) is 34.9 Å². The summed E-state index contributed by atoms with van der Waals surface area (Å²) >= 11 is 5.94. The summed E-state index contributed by atoms with van der Waals surface area (Å²) in [5.74, 6) is 1.60. The largest absolute Gasteiger partial charge is 0.314 e. The van der Waals surface area contributed by atoms with Crippen molar-refractivity contribution in [3.8, 4) is 0 Å². The zero-order valence-electron chi connectivity index (χ0n) is 12.3. The number of nitrogens with one attached hydrogen (secondary N) is 1.